The van der Waals surface area contributed by atoms with Gasteiger partial charge >= 0.3 is 0 Å². The molecule has 4 heteroatoms. The van der Waals surface area contributed by atoms with E-state index in [9.17, 15) is 4.79 Å². The molecule has 0 bridgehead atoms. The molecule has 0 aromatic heterocycles. The summed E-state index contributed by atoms with van der Waals surface area (Å²) >= 11 is 0. The molecule has 2 aromatic rings. The average Bonchev–Trinajstić information content (AvgIpc) is 2.62. The monoisotopic (exact) mass is 309 g/mol. The van der Waals surface area contributed by atoms with Crippen LogP contribution >= 0.6 is 0 Å². The normalized spacial score (nSPS) is 17.2. The number of carbonyl (C=O) groups excluding carboxylic acids is 1. The van der Waals surface area contributed by atoms with E-state index in [4.69, 9.17) is 9.47 Å². The predicted octanol–water partition coefficient (Wildman–Crippen LogP) is 3.74. The smallest absolute Gasteiger partial charge is 0.159 e. The Hall–Kier alpha value is -2.75. The van der Waals surface area contributed by atoms with Gasteiger partial charge in [-0.1, -0.05) is 24.3 Å². The Labute approximate surface area is 135 Å². The van der Waals surface area contributed by atoms with Gasteiger partial charge < -0.3 is 14.4 Å². The third-order valence-corrected chi connectivity index (χ3v) is 4.02. The van der Waals surface area contributed by atoms with E-state index in [-0.39, 0.29) is 11.8 Å². The molecule has 0 saturated heterocycles. The largest absolute Gasteiger partial charge is 0.497 e. The lowest BCUT2D eigenvalue weighted by molar-refractivity contribution is -0.115. The second-order valence-corrected chi connectivity index (χ2v) is 5.35. The topological polar surface area (TPSA) is 38.8 Å². The van der Waals surface area contributed by atoms with Crippen molar-refractivity contribution in [2.45, 2.75) is 12.5 Å². The number of hydrogen-bond acceptors (Lipinski definition) is 4. The molecule has 3 rings (SSSR count). The van der Waals surface area contributed by atoms with Crippen molar-refractivity contribution in [3.05, 3.63) is 66.4 Å². The fourth-order valence-corrected chi connectivity index (χ4v) is 2.82. The van der Waals surface area contributed by atoms with Crippen LogP contribution in [-0.2, 0) is 4.79 Å². The fourth-order valence-electron chi connectivity index (χ4n) is 2.82. The lowest BCUT2D eigenvalue weighted by atomic mass is 9.96. The summed E-state index contributed by atoms with van der Waals surface area (Å²) in [5.41, 5.74) is 2.01. The van der Waals surface area contributed by atoms with E-state index in [1.54, 1.807) is 20.3 Å². The molecule has 23 heavy (non-hydrogen) atoms. The number of methoxy groups -OCH3 is 2. The van der Waals surface area contributed by atoms with Crippen LogP contribution in [0.15, 0.2) is 60.8 Å². The Morgan fingerprint density at radius 2 is 1.74 bits per heavy atom. The van der Waals surface area contributed by atoms with Crippen molar-refractivity contribution in [2.75, 3.05) is 19.1 Å². The summed E-state index contributed by atoms with van der Waals surface area (Å²) in [5.74, 6) is 1.71. The second-order valence-electron chi connectivity index (χ2n) is 5.35. The van der Waals surface area contributed by atoms with Crippen molar-refractivity contribution in [3.8, 4) is 11.5 Å². The molecule has 0 unspecified atom stereocenters. The second kappa shape index (κ2) is 6.57. The zero-order valence-electron chi connectivity index (χ0n) is 13.2. The number of allylic oxidation sites excluding steroid dienone is 1. The Morgan fingerprint density at radius 3 is 2.43 bits per heavy atom. The Balaban J connectivity index is 2.01. The number of nitrogens with zero attached hydrogens (tertiary/aromatic N) is 1. The zero-order chi connectivity index (χ0) is 16.2. The predicted molar refractivity (Wildman–Crippen MR) is 90.0 cm³/mol. The van der Waals surface area contributed by atoms with E-state index in [1.807, 2.05) is 54.7 Å². The van der Waals surface area contributed by atoms with Gasteiger partial charge in [-0.3, -0.25) is 4.79 Å². The first-order valence-electron chi connectivity index (χ1n) is 7.49. The number of benzene rings is 2. The first-order valence-corrected chi connectivity index (χ1v) is 7.49. The molecule has 1 aliphatic heterocycles. The molecule has 4 nitrogen and oxygen atoms in total. The molecule has 1 aliphatic rings. The van der Waals surface area contributed by atoms with E-state index < -0.39 is 0 Å². The number of rotatable bonds is 4. The van der Waals surface area contributed by atoms with E-state index >= 15 is 0 Å². The number of anilines is 1. The maximum absolute atomic E-state index is 11.9. The summed E-state index contributed by atoms with van der Waals surface area (Å²) in [4.78, 5) is 14.0. The van der Waals surface area contributed by atoms with E-state index in [1.165, 1.54) is 0 Å². The van der Waals surface area contributed by atoms with Gasteiger partial charge in [0.2, 0.25) is 0 Å². The number of ether oxygens (including phenoxy) is 2. The van der Waals surface area contributed by atoms with Gasteiger partial charge in [-0.05, 0) is 35.9 Å². The molecule has 0 amide bonds. The highest BCUT2D eigenvalue weighted by molar-refractivity contribution is 5.92. The minimum Gasteiger partial charge on any atom is -0.497 e. The van der Waals surface area contributed by atoms with Gasteiger partial charge in [0.15, 0.2) is 5.78 Å². The highest BCUT2D eigenvalue weighted by atomic mass is 16.5. The van der Waals surface area contributed by atoms with Crippen molar-refractivity contribution >= 4 is 11.5 Å². The van der Waals surface area contributed by atoms with Crippen molar-refractivity contribution in [1.82, 2.24) is 0 Å². The molecule has 0 spiro atoms. The number of para-hydroxylation sites is 2. The molecule has 1 heterocycles. The molecule has 0 fully saturated rings. The Kier molecular flexibility index (Phi) is 4.33. The highest BCUT2D eigenvalue weighted by Crippen LogP contribution is 2.38. The summed E-state index contributed by atoms with van der Waals surface area (Å²) in [7, 11) is 3.29. The minimum atomic E-state index is -0.0605. The molecule has 0 saturated carbocycles. The van der Waals surface area contributed by atoms with Crippen LogP contribution in [0.2, 0.25) is 0 Å². The van der Waals surface area contributed by atoms with Crippen molar-refractivity contribution in [1.29, 1.82) is 0 Å². The van der Waals surface area contributed by atoms with Gasteiger partial charge in [-0.15, -0.1) is 0 Å². The number of ketones is 1. The lowest BCUT2D eigenvalue weighted by Crippen LogP contribution is -2.29. The van der Waals surface area contributed by atoms with Crippen molar-refractivity contribution in [2.24, 2.45) is 0 Å². The maximum Gasteiger partial charge on any atom is 0.159 e. The van der Waals surface area contributed by atoms with Crippen LogP contribution in [0, 0.1) is 0 Å². The summed E-state index contributed by atoms with van der Waals surface area (Å²) in [6.07, 6.45) is 3.88. The number of carbonyl (C=O) groups is 1. The minimum absolute atomic E-state index is 0.0605. The van der Waals surface area contributed by atoms with Gasteiger partial charge in [0.25, 0.3) is 0 Å². The van der Waals surface area contributed by atoms with Crippen LogP contribution < -0.4 is 14.4 Å². The lowest BCUT2D eigenvalue weighted by Gasteiger charge is -2.34. The Morgan fingerprint density at radius 1 is 1.00 bits per heavy atom. The van der Waals surface area contributed by atoms with Gasteiger partial charge in [0, 0.05) is 12.6 Å². The molecule has 2 aromatic carbocycles. The maximum atomic E-state index is 11.9. The third kappa shape index (κ3) is 3.06. The summed E-state index contributed by atoms with van der Waals surface area (Å²) in [6, 6.07) is 15.6. The molecule has 0 radical (unpaired) electrons. The average molecular weight is 309 g/mol. The standard InChI is InChI=1S/C19H19NO3/c1-22-16-9-7-14(8-10-16)18-13-15(21)11-12-20(18)17-5-3-4-6-19(17)23-2/h3-12,18H,13H2,1-2H3/t18-/m1/s1. The van der Waals surface area contributed by atoms with Crippen LogP contribution in [0.4, 0.5) is 5.69 Å². The molecule has 118 valence electrons. The quantitative estimate of drug-likeness (QED) is 0.862. The van der Waals surface area contributed by atoms with Crippen LogP contribution in [0.1, 0.15) is 18.0 Å². The van der Waals surface area contributed by atoms with Gasteiger partial charge in [-0.25, -0.2) is 0 Å². The molecular formula is C19H19NO3. The zero-order valence-corrected chi connectivity index (χ0v) is 13.2. The van der Waals surface area contributed by atoms with Crippen LogP contribution in [0.5, 0.6) is 11.5 Å². The van der Waals surface area contributed by atoms with Crippen molar-refractivity contribution < 1.29 is 14.3 Å². The molecule has 0 N–H and O–H groups in total. The van der Waals surface area contributed by atoms with Crippen molar-refractivity contribution in [3.63, 3.8) is 0 Å². The first kappa shape index (κ1) is 15.2. The molecular weight excluding hydrogens is 290 g/mol. The van der Waals surface area contributed by atoms with E-state index in [2.05, 4.69) is 4.90 Å². The van der Waals surface area contributed by atoms with Gasteiger partial charge in [-0.2, -0.15) is 0 Å². The van der Waals surface area contributed by atoms with Crippen LogP contribution in [-0.4, -0.2) is 20.0 Å². The first-order chi connectivity index (χ1) is 11.2. The van der Waals surface area contributed by atoms with Gasteiger partial charge in [0.1, 0.15) is 11.5 Å². The Bertz CT molecular complexity index is 722. The highest BCUT2D eigenvalue weighted by Gasteiger charge is 2.26. The molecule has 0 aliphatic carbocycles. The van der Waals surface area contributed by atoms with E-state index in [0.717, 1.165) is 22.7 Å². The summed E-state index contributed by atoms with van der Waals surface area (Å²) in [6.45, 7) is 0. The summed E-state index contributed by atoms with van der Waals surface area (Å²) < 4.78 is 10.7. The molecule has 1 atom stereocenters. The third-order valence-electron chi connectivity index (χ3n) is 4.02. The van der Waals surface area contributed by atoms with Gasteiger partial charge in [0.05, 0.1) is 25.9 Å². The van der Waals surface area contributed by atoms with Crippen LogP contribution in [0.25, 0.3) is 0 Å². The SMILES string of the molecule is COc1ccc([C@H]2CC(=O)C=CN2c2ccccc2OC)cc1. The van der Waals surface area contributed by atoms with E-state index in [0.29, 0.717) is 6.42 Å². The number of hydrogen-bond donors (Lipinski definition) is 0. The van der Waals surface area contributed by atoms with Crippen LogP contribution in [0.3, 0.4) is 0 Å². The summed E-state index contributed by atoms with van der Waals surface area (Å²) in [5, 5.41) is 0. The fraction of sp³-hybridized carbons (Fsp3) is 0.211.